The summed E-state index contributed by atoms with van der Waals surface area (Å²) < 4.78 is 0. The minimum absolute atomic E-state index is 0.0931. The molecular weight excluding hydrogens is 324 g/mol. The maximum absolute atomic E-state index is 13.0. The van der Waals surface area contributed by atoms with Crippen LogP contribution in [0.1, 0.15) is 61.5 Å². The van der Waals surface area contributed by atoms with Crippen LogP contribution in [0.25, 0.3) is 0 Å². The van der Waals surface area contributed by atoms with Crippen LogP contribution in [0.2, 0.25) is 0 Å². The highest BCUT2D eigenvalue weighted by molar-refractivity contribution is 6.04. The van der Waals surface area contributed by atoms with E-state index in [1.807, 2.05) is 38.1 Å². The van der Waals surface area contributed by atoms with Crippen molar-refractivity contribution in [2.75, 3.05) is 16.8 Å². The fourth-order valence-corrected chi connectivity index (χ4v) is 3.53. The molecule has 1 aromatic carbocycles. The SMILES string of the molecule is CCN(C(=O)c1ccnc(NC2CCCCCC2)n1)c1cccc(C)c1. The van der Waals surface area contributed by atoms with Gasteiger partial charge in [0.2, 0.25) is 5.95 Å². The number of benzene rings is 1. The highest BCUT2D eigenvalue weighted by Gasteiger charge is 2.19. The molecule has 0 saturated heterocycles. The van der Waals surface area contributed by atoms with Crippen LogP contribution in [0.15, 0.2) is 36.5 Å². The zero-order chi connectivity index (χ0) is 18.4. The Kier molecular flexibility index (Phi) is 6.21. The van der Waals surface area contributed by atoms with Gasteiger partial charge in [-0.15, -0.1) is 0 Å². The van der Waals surface area contributed by atoms with Crippen molar-refractivity contribution in [2.45, 2.75) is 58.4 Å². The number of carbonyl (C=O) groups excluding carboxylic acids is 1. The molecule has 5 nitrogen and oxygen atoms in total. The van der Waals surface area contributed by atoms with Gasteiger partial charge >= 0.3 is 0 Å². The number of nitrogens with one attached hydrogen (secondary N) is 1. The molecule has 1 amide bonds. The molecule has 1 aliphatic rings. The van der Waals surface area contributed by atoms with Gasteiger partial charge in [0.05, 0.1) is 0 Å². The van der Waals surface area contributed by atoms with Gasteiger partial charge in [0.25, 0.3) is 5.91 Å². The quantitative estimate of drug-likeness (QED) is 0.800. The molecule has 0 bridgehead atoms. The molecule has 0 radical (unpaired) electrons. The second kappa shape index (κ2) is 8.79. The van der Waals surface area contributed by atoms with E-state index in [0.29, 0.717) is 24.2 Å². The molecule has 1 N–H and O–H groups in total. The first-order chi connectivity index (χ1) is 12.7. The molecule has 0 spiro atoms. The molecule has 3 rings (SSSR count). The topological polar surface area (TPSA) is 58.1 Å². The molecule has 1 aliphatic carbocycles. The van der Waals surface area contributed by atoms with E-state index in [-0.39, 0.29) is 5.91 Å². The lowest BCUT2D eigenvalue weighted by Gasteiger charge is -2.21. The summed E-state index contributed by atoms with van der Waals surface area (Å²) in [5.41, 5.74) is 2.46. The van der Waals surface area contributed by atoms with E-state index in [0.717, 1.165) is 24.1 Å². The summed E-state index contributed by atoms with van der Waals surface area (Å²) in [6.45, 7) is 4.60. The van der Waals surface area contributed by atoms with Crippen molar-refractivity contribution in [3.63, 3.8) is 0 Å². The Morgan fingerprint density at radius 2 is 1.96 bits per heavy atom. The van der Waals surface area contributed by atoms with Crippen LogP contribution < -0.4 is 10.2 Å². The maximum atomic E-state index is 13.0. The largest absolute Gasteiger partial charge is 0.351 e. The van der Waals surface area contributed by atoms with E-state index in [1.54, 1.807) is 17.2 Å². The van der Waals surface area contributed by atoms with E-state index >= 15 is 0 Å². The molecule has 0 unspecified atom stereocenters. The summed E-state index contributed by atoms with van der Waals surface area (Å²) in [6, 6.07) is 10.1. The molecule has 1 fully saturated rings. The number of aryl methyl sites for hydroxylation is 1. The second-order valence-electron chi connectivity index (χ2n) is 6.99. The number of hydrogen-bond donors (Lipinski definition) is 1. The van der Waals surface area contributed by atoms with Gasteiger partial charge < -0.3 is 10.2 Å². The summed E-state index contributed by atoms with van der Waals surface area (Å²) in [4.78, 5) is 23.6. The second-order valence-corrected chi connectivity index (χ2v) is 6.99. The van der Waals surface area contributed by atoms with E-state index in [2.05, 4.69) is 15.3 Å². The van der Waals surface area contributed by atoms with Gasteiger partial charge in [0.1, 0.15) is 5.69 Å². The standard InChI is InChI=1S/C21H28N4O/c1-3-25(18-12-8-9-16(2)15-18)20(26)19-13-14-22-21(24-19)23-17-10-6-4-5-7-11-17/h8-9,12-15,17H,3-7,10-11H2,1-2H3,(H,22,23,24). The lowest BCUT2D eigenvalue weighted by Crippen LogP contribution is -2.31. The number of aromatic nitrogens is 2. The minimum Gasteiger partial charge on any atom is -0.351 e. The number of rotatable bonds is 5. The van der Waals surface area contributed by atoms with Gasteiger partial charge in [0, 0.05) is 24.5 Å². The number of amides is 1. The minimum atomic E-state index is -0.0931. The molecule has 26 heavy (non-hydrogen) atoms. The van der Waals surface area contributed by atoms with Gasteiger partial charge in [-0.25, -0.2) is 9.97 Å². The Hall–Kier alpha value is -2.43. The van der Waals surface area contributed by atoms with Crippen LogP contribution in [0.4, 0.5) is 11.6 Å². The van der Waals surface area contributed by atoms with Crippen LogP contribution >= 0.6 is 0 Å². The van der Waals surface area contributed by atoms with Crippen molar-refractivity contribution in [1.29, 1.82) is 0 Å². The van der Waals surface area contributed by atoms with Crippen LogP contribution in [0.3, 0.4) is 0 Å². The molecular formula is C21H28N4O. The number of nitrogens with zero attached hydrogens (tertiary/aromatic N) is 3. The van der Waals surface area contributed by atoms with E-state index in [4.69, 9.17) is 0 Å². The average molecular weight is 352 g/mol. The Labute approximate surface area is 155 Å². The lowest BCUT2D eigenvalue weighted by atomic mass is 10.1. The number of anilines is 2. The van der Waals surface area contributed by atoms with Gasteiger partial charge in [-0.1, -0.05) is 37.8 Å². The molecule has 0 aliphatic heterocycles. The van der Waals surface area contributed by atoms with Gasteiger partial charge in [-0.3, -0.25) is 4.79 Å². The number of hydrogen-bond acceptors (Lipinski definition) is 4. The van der Waals surface area contributed by atoms with E-state index in [1.165, 1.54) is 25.7 Å². The molecule has 5 heteroatoms. The Balaban J connectivity index is 1.76. The van der Waals surface area contributed by atoms with Crippen LogP contribution in [-0.4, -0.2) is 28.5 Å². The third-order valence-electron chi connectivity index (χ3n) is 4.94. The zero-order valence-corrected chi connectivity index (χ0v) is 15.7. The molecule has 1 aromatic heterocycles. The predicted octanol–water partition coefficient (Wildman–Crippen LogP) is 4.59. The fraction of sp³-hybridized carbons (Fsp3) is 0.476. The van der Waals surface area contributed by atoms with Crippen LogP contribution in [-0.2, 0) is 0 Å². The first-order valence-electron chi connectivity index (χ1n) is 9.65. The molecule has 2 aromatic rings. The number of carbonyl (C=O) groups is 1. The highest BCUT2D eigenvalue weighted by atomic mass is 16.2. The van der Waals surface area contributed by atoms with Crippen molar-refractivity contribution in [3.05, 3.63) is 47.8 Å². The first-order valence-corrected chi connectivity index (χ1v) is 9.65. The molecule has 0 atom stereocenters. The Morgan fingerprint density at radius 1 is 1.19 bits per heavy atom. The maximum Gasteiger partial charge on any atom is 0.277 e. The van der Waals surface area contributed by atoms with Crippen LogP contribution in [0.5, 0.6) is 0 Å². The predicted molar refractivity (Wildman–Crippen MR) is 106 cm³/mol. The summed E-state index contributed by atoms with van der Waals surface area (Å²) in [6.07, 6.45) is 9.06. The van der Waals surface area contributed by atoms with E-state index in [9.17, 15) is 4.79 Å². The fourth-order valence-electron chi connectivity index (χ4n) is 3.53. The summed E-state index contributed by atoms with van der Waals surface area (Å²) >= 11 is 0. The average Bonchev–Trinajstić information content (AvgIpc) is 2.91. The monoisotopic (exact) mass is 352 g/mol. The lowest BCUT2D eigenvalue weighted by molar-refractivity contribution is 0.0983. The third kappa shape index (κ3) is 4.59. The molecule has 138 valence electrons. The van der Waals surface area contributed by atoms with Gasteiger partial charge in [-0.2, -0.15) is 0 Å². The van der Waals surface area contributed by atoms with Gasteiger partial charge in [-0.05, 0) is 50.5 Å². The third-order valence-corrected chi connectivity index (χ3v) is 4.94. The zero-order valence-electron chi connectivity index (χ0n) is 15.7. The highest BCUT2D eigenvalue weighted by Crippen LogP contribution is 2.21. The van der Waals surface area contributed by atoms with Crippen LogP contribution in [0, 0.1) is 6.92 Å². The Bertz CT molecular complexity index is 738. The van der Waals surface area contributed by atoms with Crippen molar-refractivity contribution in [3.8, 4) is 0 Å². The Morgan fingerprint density at radius 3 is 2.65 bits per heavy atom. The van der Waals surface area contributed by atoms with Crippen molar-refractivity contribution in [1.82, 2.24) is 9.97 Å². The molecule has 1 saturated carbocycles. The first kappa shape index (κ1) is 18.4. The summed E-state index contributed by atoms with van der Waals surface area (Å²) in [5.74, 6) is 0.465. The smallest absolute Gasteiger partial charge is 0.277 e. The summed E-state index contributed by atoms with van der Waals surface area (Å²) in [5, 5.41) is 3.43. The summed E-state index contributed by atoms with van der Waals surface area (Å²) in [7, 11) is 0. The van der Waals surface area contributed by atoms with Crippen molar-refractivity contribution >= 4 is 17.5 Å². The molecule has 1 heterocycles. The van der Waals surface area contributed by atoms with Crippen molar-refractivity contribution in [2.24, 2.45) is 0 Å². The van der Waals surface area contributed by atoms with E-state index < -0.39 is 0 Å². The normalized spacial score (nSPS) is 15.3. The van der Waals surface area contributed by atoms with Gasteiger partial charge in [0.15, 0.2) is 0 Å². The van der Waals surface area contributed by atoms with Crippen molar-refractivity contribution < 1.29 is 4.79 Å².